The number of nitrogens with zero attached hydrogens (tertiary/aromatic N) is 3. The van der Waals surface area contributed by atoms with Gasteiger partial charge in [0.15, 0.2) is 0 Å². The van der Waals surface area contributed by atoms with E-state index in [1.165, 1.54) is 37.3 Å². The molecule has 1 aromatic heterocycles. The normalized spacial score (nSPS) is 11.8. The lowest BCUT2D eigenvalue weighted by molar-refractivity contribution is -0.112. The zero-order chi connectivity index (χ0) is 17.7. The number of nitrogens with one attached hydrogen (secondary N) is 1. The smallest absolute Gasteiger partial charge is 0.268 e. The summed E-state index contributed by atoms with van der Waals surface area (Å²) in [7, 11) is -3.56. The standard InChI is InChI=1S/C14H12N4O4S2/c1-2-24(21,22)14-17-13(23-18-14)16-12(20)10(8-15)7-9-3-5-11(19)6-4-9/h3-7,19H,2H2,1H3,(H,16,17,18,20). The van der Waals surface area contributed by atoms with Gasteiger partial charge < -0.3 is 5.11 Å². The van der Waals surface area contributed by atoms with Crippen LogP contribution in [0.4, 0.5) is 5.13 Å². The van der Waals surface area contributed by atoms with Crippen LogP contribution in [0.2, 0.25) is 0 Å². The quantitative estimate of drug-likeness (QED) is 0.608. The molecule has 0 aliphatic rings. The van der Waals surface area contributed by atoms with E-state index in [1.54, 1.807) is 6.07 Å². The number of anilines is 1. The van der Waals surface area contributed by atoms with Crippen molar-refractivity contribution in [3.8, 4) is 11.8 Å². The summed E-state index contributed by atoms with van der Waals surface area (Å²) in [6, 6.07) is 7.68. The second-order valence-electron chi connectivity index (χ2n) is 4.50. The van der Waals surface area contributed by atoms with Gasteiger partial charge in [-0.25, -0.2) is 8.42 Å². The van der Waals surface area contributed by atoms with Crippen molar-refractivity contribution in [3.63, 3.8) is 0 Å². The van der Waals surface area contributed by atoms with Crippen molar-refractivity contribution < 1.29 is 18.3 Å². The van der Waals surface area contributed by atoms with Crippen molar-refractivity contribution in [1.29, 1.82) is 5.26 Å². The Labute approximate surface area is 142 Å². The maximum absolute atomic E-state index is 12.1. The zero-order valence-electron chi connectivity index (χ0n) is 12.4. The fourth-order valence-electron chi connectivity index (χ4n) is 1.57. The Morgan fingerprint density at radius 1 is 1.42 bits per heavy atom. The number of carbonyl (C=O) groups excluding carboxylic acids is 1. The first-order chi connectivity index (χ1) is 11.4. The third kappa shape index (κ3) is 4.15. The van der Waals surface area contributed by atoms with Gasteiger partial charge in [0.2, 0.25) is 15.0 Å². The van der Waals surface area contributed by atoms with Gasteiger partial charge in [-0.15, -0.1) is 0 Å². The molecule has 2 aromatic rings. The molecule has 0 saturated carbocycles. The molecular weight excluding hydrogens is 352 g/mol. The monoisotopic (exact) mass is 364 g/mol. The molecule has 0 aliphatic heterocycles. The summed E-state index contributed by atoms with van der Waals surface area (Å²) < 4.78 is 27.0. The zero-order valence-corrected chi connectivity index (χ0v) is 14.1. The molecule has 124 valence electrons. The van der Waals surface area contributed by atoms with E-state index in [1.807, 2.05) is 0 Å². The SMILES string of the molecule is CCS(=O)(=O)c1nsc(NC(=O)C(C#N)=Cc2ccc(O)cc2)n1. The fraction of sp³-hybridized carbons (Fsp3) is 0.143. The lowest BCUT2D eigenvalue weighted by Gasteiger charge is -2.00. The largest absolute Gasteiger partial charge is 0.508 e. The summed E-state index contributed by atoms with van der Waals surface area (Å²) in [5.74, 6) is -0.822. The molecule has 8 nitrogen and oxygen atoms in total. The maximum Gasteiger partial charge on any atom is 0.268 e. The summed E-state index contributed by atoms with van der Waals surface area (Å²) in [6.07, 6.45) is 1.33. The van der Waals surface area contributed by atoms with Crippen molar-refractivity contribution in [2.24, 2.45) is 0 Å². The number of phenols is 1. The highest BCUT2D eigenvalue weighted by molar-refractivity contribution is 7.91. The van der Waals surface area contributed by atoms with E-state index in [4.69, 9.17) is 5.26 Å². The average molecular weight is 364 g/mol. The molecule has 2 N–H and O–H groups in total. The molecule has 0 unspecified atom stereocenters. The van der Waals surface area contributed by atoms with Gasteiger partial charge in [-0.1, -0.05) is 19.1 Å². The van der Waals surface area contributed by atoms with E-state index in [9.17, 15) is 18.3 Å². The van der Waals surface area contributed by atoms with Crippen LogP contribution < -0.4 is 5.32 Å². The van der Waals surface area contributed by atoms with Gasteiger partial charge in [0.05, 0.1) is 5.75 Å². The number of carbonyl (C=O) groups is 1. The minimum Gasteiger partial charge on any atom is -0.508 e. The molecule has 1 aromatic carbocycles. The molecule has 10 heteroatoms. The second kappa shape index (κ2) is 7.20. The van der Waals surface area contributed by atoms with Crippen LogP contribution in [0.5, 0.6) is 5.75 Å². The Hall–Kier alpha value is -2.77. The number of benzene rings is 1. The molecule has 1 amide bonds. The van der Waals surface area contributed by atoms with Crippen LogP contribution in [0, 0.1) is 11.3 Å². The van der Waals surface area contributed by atoms with Crippen molar-refractivity contribution in [2.75, 3.05) is 11.1 Å². The van der Waals surface area contributed by atoms with E-state index >= 15 is 0 Å². The van der Waals surface area contributed by atoms with Crippen LogP contribution in [-0.4, -0.2) is 34.5 Å². The molecule has 24 heavy (non-hydrogen) atoms. The van der Waals surface area contributed by atoms with E-state index in [0.29, 0.717) is 17.1 Å². The molecule has 0 radical (unpaired) electrons. The number of rotatable bonds is 5. The topological polar surface area (TPSA) is 133 Å². The Balaban J connectivity index is 2.19. The van der Waals surface area contributed by atoms with Gasteiger partial charge in [0.25, 0.3) is 11.1 Å². The number of aromatic nitrogens is 2. The van der Waals surface area contributed by atoms with Gasteiger partial charge in [-0.05, 0) is 23.8 Å². The molecule has 1 heterocycles. The Morgan fingerprint density at radius 3 is 2.67 bits per heavy atom. The van der Waals surface area contributed by atoms with Gasteiger partial charge in [0.1, 0.15) is 17.4 Å². The van der Waals surface area contributed by atoms with Crippen LogP contribution in [-0.2, 0) is 14.6 Å². The summed E-state index contributed by atoms with van der Waals surface area (Å²) >= 11 is 0.714. The number of nitriles is 1. The van der Waals surface area contributed by atoms with Crippen LogP contribution >= 0.6 is 11.5 Å². The highest BCUT2D eigenvalue weighted by atomic mass is 32.2. The maximum atomic E-state index is 12.1. The van der Waals surface area contributed by atoms with Crippen LogP contribution in [0.15, 0.2) is 35.0 Å². The minimum absolute atomic E-state index is 0.0149. The van der Waals surface area contributed by atoms with Crippen molar-refractivity contribution in [2.45, 2.75) is 12.1 Å². The lowest BCUT2D eigenvalue weighted by Crippen LogP contribution is -2.13. The number of sulfone groups is 1. The molecule has 0 atom stereocenters. The molecule has 0 bridgehead atoms. The number of phenolic OH excluding ortho intramolecular Hbond substituents is 1. The van der Waals surface area contributed by atoms with Crippen molar-refractivity contribution in [1.82, 2.24) is 9.36 Å². The highest BCUT2D eigenvalue weighted by Gasteiger charge is 2.19. The Bertz CT molecular complexity index is 924. The first-order valence-electron chi connectivity index (χ1n) is 6.64. The highest BCUT2D eigenvalue weighted by Crippen LogP contribution is 2.17. The Morgan fingerprint density at radius 2 is 2.08 bits per heavy atom. The molecule has 0 spiro atoms. The van der Waals surface area contributed by atoms with Crippen molar-refractivity contribution in [3.05, 3.63) is 35.4 Å². The van der Waals surface area contributed by atoms with Crippen LogP contribution in [0.1, 0.15) is 12.5 Å². The van der Waals surface area contributed by atoms with Crippen molar-refractivity contribution >= 4 is 38.5 Å². The van der Waals surface area contributed by atoms with Crippen LogP contribution in [0.3, 0.4) is 0 Å². The summed E-state index contributed by atoms with van der Waals surface area (Å²) in [4.78, 5) is 15.8. The molecule has 0 aliphatic carbocycles. The van der Waals surface area contributed by atoms with Gasteiger partial charge in [-0.2, -0.15) is 14.6 Å². The van der Waals surface area contributed by atoms with E-state index in [2.05, 4.69) is 14.7 Å². The fourth-order valence-corrected chi connectivity index (χ4v) is 3.15. The number of hydrogen-bond acceptors (Lipinski definition) is 8. The average Bonchev–Trinajstić information content (AvgIpc) is 3.03. The molecule has 0 saturated heterocycles. The van der Waals surface area contributed by atoms with Gasteiger partial charge in [-0.3, -0.25) is 10.1 Å². The van der Waals surface area contributed by atoms with Crippen LogP contribution in [0.25, 0.3) is 6.08 Å². The predicted molar refractivity (Wildman–Crippen MR) is 88.0 cm³/mol. The first kappa shape index (κ1) is 17.6. The van der Waals surface area contributed by atoms with Gasteiger partial charge >= 0.3 is 0 Å². The van der Waals surface area contributed by atoms with E-state index in [-0.39, 0.29) is 27.4 Å². The second-order valence-corrected chi connectivity index (χ2v) is 7.42. The summed E-state index contributed by atoms with van der Waals surface area (Å²) in [5.41, 5.74) is 0.349. The minimum atomic E-state index is -3.56. The molecular formula is C14H12N4O4S2. The number of aromatic hydroxyl groups is 1. The molecule has 0 fully saturated rings. The van der Waals surface area contributed by atoms with E-state index in [0.717, 1.165) is 0 Å². The number of amides is 1. The summed E-state index contributed by atoms with van der Waals surface area (Å²) in [6.45, 7) is 1.46. The third-order valence-corrected chi connectivity index (χ3v) is 5.10. The predicted octanol–water partition coefficient (Wildman–Crippen LogP) is 1.58. The van der Waals surface area contributed by atoms with Gasteiger partial charge in [0, 0.05) is 11.5 Å². The number of hydrogen-bond donors (Lipinski definition) is 2. The lowest BCUT2D eigenvalue weighted by atomic mass is 10.1. The van der Waals surface area contributed by atoms with E-state index < -0.39 is 15.7 Å². The Kier molecular flexibility index (Phi) is 5.28. The summed E-state index contributed by atoms with van der Waals surface area (Å²) in [5, 5.41) is 20.3. The molecule has 2 rings (SSSR count). The first-order valence-corrected chi connectivity index (χ1v) is 9.07. The third-order valence-electron chi connectivity index (χ3n) is 2.86.